The number of nitrogens with one attached hydrogen (secondary N) is 2. The Hall–Kier alpha value is -2.91. The third-order valence-electron chi connectivity index (χ3n) is 5.38. The van der Waals surface area contributed by atoms with Gasteiger partial charge in [-0.05, 0) is 24.7 Å². The molecule has 2 N–H and O–H groups in total. The second kappa shape index (κ2) is 7.16. The summed E-state index contributed by atoms with van der Waals surface area (Å²) in [6.45, 7) is 3.13. The number of nitrogens with zero attached hydrogens (tertiary/aromatic N) is 4. The summed E-state index contributed by atoms with van der Waals surface area (Å²) in [5.41, 5.74) is 3.06. The van der Waals surface area contributed by atoms with Crippen molar-refractivity contribution in [2.45, 2.75) is 11.3 Å². The van der Waals surface area contributed by atoms with E-state index in [1.54, 1.807) is 6.20 Å². The van der Waals surface area contributed by atoms with Crippen molar-refractivity contribution in [2.24, 2.45) is 0 Å². The molecule has 0 bridgehead atoms. The number of hydrogen-bond acceptors (Lipinski definition) is 7. The van der Waals surface area contributed by atoms with E-state index < -0.39 is 0 Å². The van der Waals surface area contributed by atoms with Crippen LogP contribution < -0.4 is 5.32 Å². The van der Waals surface area contributed by atoms with Crippen LogP contribution in [0, 0.1) is 0 Å². The predicted molar refractivity (Wildman–Crippen MR) is 112 cm³/mol. The minimum atomic E-state index is -0.0164. The summed E-state index contributed by atoms with van der Waals surface area (Å²) in [7, 11) is 2.06. The Bertz CT molecular complexity index is 1120. The van der Waals surface area contributed by atoms with E-state index in [1.165, 1.54) is 18.1 Å². The lowest BCUT2D eigenvalue weighted by Crippen LogP contribution is -2.47. The number of anilines is 2. The highest BCUT2D eigenvalue weighted by Gasteiger charge is 2.25. The molecule has 1 aromatic carbocycles. The van der Waals surface area contributed by atoms with Gasteiger partial charge in [-0.25, -0.2) is 9.97 Å². The zero-order valence-electron chi connectivity index (χ0n) is 15.9. The van der Waals surface area contributed by atoms with Crippen LogP contribution in [0.2, 0.25) is 0 Å². The van der Waals surface area contributed by atoms with Gasteiger partial charge >= 0.3 is 0 Å². The van der Waals surface area contributed by atoms with Gasteiger partial charge in [-0.3, -0.25) is 9.59 Å². The number of aromatic nitrogens is 3. The maximum atomic E-state index is 13.1. The van der Waals surface area contributed by atoms with Crippen LogP contribution >= 0.6 is 11.8 Å². The maximum absolute atomic E-state index is 13.1. The summed E-state index contributed by atoms with van der Waals surface area (Å²) in [5.74, 6) is 0.556. The lowest BCUT2D eigenvalue weighted by molar-refractivity contribution is -0.110. The van der Waals surface area contributed by atoms with E-state index in [2.05, 4.69) is 32.2 Å². The highest BCUT2D eigenvalue weighted by atomic mass is 32.2. The third kappa shape index (κ3) is 3.36. The molecule has 2 aliphatic rings. The van der Waals surface area contributed by atoms with Crippen LogP contribution in [-0.2, 0) is 11.2 Å². The van der Waals surface area contributed by atoms with E-state index in [1.807, 2.05) is 23.1 Å². The average Bonchev–Trinajstić information content (AvgIpc) is 3.31. The maximum Gasteiger partial charge on any atom is 0.256 e. The van der Waals surface area contributed by atoms with E-state index in [9.17, 15) is 9.59 Å². The molecule has 1 saturated heterocycles. The number of amides is 1. The van der Waals surface area contributed by atoms with Gasteiger partial charge in [-0.2, -0.15) is 0 Å². The molecule has 0 saturated carbocycles. The fourth-order valence-corrected chi connectivity index (χ4v) is 4.66. The number of fused-ring (bicyclic) bond motifs is 2. The molecule has 148 valence electrons. The van der Waals surface area contributed by atoms with E-state index in [4.69, 9.17) is 0 Å². The quantitative estimate of drug-likeness (QED) is 0.686. The van der Waals surface area contributed by atoms with Gasteiger partial charge in [0, 0.05) is 49.4 Å². The number of thioether (sulfide) groups is 1. The van der Waals surface area contributed by atoms with Crippen LogP contribution in [0.4, 0.5) is 11.5 Å². The largest absolute Gasteiger partial charge is 0.345 e. The molecule has 0 unspecified atom stereocenters. The lowest BCUT2D eigenvalue weighted by atomic mass is 10.1. The van der Waals surface area contributed by atoms with E-state index in [0.29, 0.717) is 41.9 Å². The number of carbonyl (C=O) groups excluding carboxylic acids is 2. The number of H-pyrrole nitrogens is 1. The van der Waals surface area contributed by atoms with Crippen LogP contribution in [0.15, 0.2) is 35.6 Å². The van der Waals surface area contributed by atoms with Crippen molar-refractivity contribution in [3.8, 4) is 0 Å². The Kier molecular flexibility index (Phi) is 4.48. The third-order valence-corrected chi connectivity index (χ3v) is 6.35. The molecule has 4 heterocycles. The number of carbonyl (C=O) groups is 2. The van der Waals surface area contributed by atoms with Crippen molar-refractivity contribution in [2.75, 3.05) is 38.5 Å². The number of likely N-dealkylation sites (N-methyl/N-ethyl adjacent to an activating group) is 1. The summed E-state index contributed by atoms with van der Waals surface area (Å²) in [5, 5.41) is 4.15. The van der Waals surface area contributed by atoms with Gasteiger partial charge < -0.3 is 20.1 Å². The molecular weight excluding hydrogens is 388 g/mol. The van der Waals surface area contributed by atoms with Gasteiger partial charge in [-0.15, -0.1) is 0 Å². The van der Waals surface area contributed by atoms with Crippen LogP contribution in [0.1, 0.15) is 15.9 Å². The Labute approximate surface area is 171 Å². The van der Waals surface area contributed by atoms with Crippen molar-refractivity contribution in [3.63, 3.8) is 0 Å². The van der Waals surface area contributed by atoms with Crippen LogP contribution in [0.5, 0.6) is 0 Å². The molecule has 0 atom stereocenters. The first kappa shape index (κ1) is 18.1. The van der Waals surface area contributed by atoms with Crippen molar-refractivity contribution in [3.05, 3.63) is 41.9 Å². The molecule has 9 heteroatoms. The van der Waals surface area contributed by atoms with Crippen molar-refractivity contribution < 1.29 is 9.59 Å². The summed E-state index contributed by atoms with van der Waals surface area (Å²) in [4.78, 5) is 41.6. The minimum absolute atomic E-state index is 0.0164. The molecule has 2 aliphatic heterocycles. The second-order valence-corrected chi connectivity index (χ2v) is 8.44. The molecular formula is C20H20N6O2S. The zero-order chi connectivity index (χ0) is 20.0. The number of aromatic amines is 1. The van der Waals surface area contributed by atoms with E-state index >= 15 is 0 Å². The van der Waals surface area contributed by atoms with Gasteiger partial charge in [0.1, 0.15) is 17.8 Å². The molecule has 0 aliphatic carbocycles. The smallest absolute Gasteiger partial charge is 0.256 e. The van der Waals surface area contributed by atoms with Crippen LogP contribution in [-0.4, -0.2) is 69.0 Å². The van der Waals surface area contributed by atoms with Crippen LogP contribution in [0.3, 0.4) is 0 Å². The van der Waals surface area contributed by atoms with E-state index in [0.717, 1.165) is 29.2 Å². The number of benzene rings is 1. The highest BCUT2D eigenvalue weighted by Crippen LogP contribution is 2.35. The molecule has 5 rings (SSSR count). The fraction of sp³-hybridized carbons (Fsp3) is 0.300. The van der Waals surface area contributed by atoms with Crippen molar-refractivity contribution in [1.82, 2.24) is 24.8 Å². The van der Waals surface area contributed by atoms with Gasteiger partial charge in [-0.1, -0.05) is 17.8 Å². The Morgan fingerprint density at radius 1 is 1.21 bits per heavy atom. The number of hydrogen-bond donors (Lipinski definition) is 2. The van der Waals surface area contributed by atoms with Gasteiger partial charge in [0.2, 0.25) is 0 Å². The Morgan fingerprint density at radius 3 is 2.86 bits per heavy atom. The topological polar surface area (TPSA) is 94.2 Å². The standard InChI is InChI=1S/C20H20N6O2S/c1-25-4-6-26(7-5-25)20(28)14-10-21-18-17(14)19(23-11-22-18)24-13-3-2-12-8-16(27)29-15(12)9-13/h2-3,9-11H,4-8H2,1H3,(H2,21,22,23,24). The molecule has 29 heavy (non-hydrogen) atoms. The first-order valence-corrected chi connectivity index (χ1v) is 10.3. The summed E-state index contributed by atoms with van der Waals surface area (Å²) in [6.07, 6.45) is 3.65. The fourth-order valence-electron chi connectivity index (χ4n) is 3.73. The lowest BCUT2D eigenvalue weighted by Gasteiger charge is -2.32. The molecule has 8 nitrogen and oxygen atoms in total. The summed E-state index contributed by atoms with van der Waals surface area (Å²) in [6, 6.07) is 5.84. The summed E-state index contributed by atoms with van der Waals surface area (Å²) < 4.78 is 0. The normalized spacial score (nSPS) is 17.0. The van der Waals surface area contributed by atoms with Crippen LogP contribution in [0.25, 0.3) is 11.0 Å². The van der Waals surface area contributed by atoms with E-state index in [-0.39, 0.29) is 11.0 Å². The van der Waals surface area contributed by atoms with Crippen molar-refractivity contribution in [1.29, 1.82) is 0 Å². The van der Waals surface area contributed by atoms with Gasteiger partial charge in [0.25, 0.3) is 5.91 Å². The molecule has 3 aromatic rings. The second-order valence-electron chi connectivity index (χ2n) is 7.34. The molecule has 1 fully saturated rings. The van der Waals surface area contributed by atoms with Gasteiger partial charge in [0.15, 0.2) is 5.12 Å². The predicted octanol–water partition coefficient (Wildman–Crippen LogP) is 2.26. The SMILES string of the molecule is CN1CCN(C(=O)c2c[nH]c3ncnc(Nc4ccc5c(c4)SC(=O)C5)c23)CC1. The molecule has 0 radical (unpaired) electrons. The minimum Gasteiger partial charge on any atom is -0.345 e. The number of rotatable bonds is 3. The van der Waals surface area contributed by atoms with Gasteiger partial charge in [0.05, 0.1) is 10.9 Å². The molecule has 0 spiro atoms. The molecule has 1 amide bonds. The Morgan fingerprint density at radius 2 is 2.03 bits per heavy atom. The first-order valence-electron chi connectivity index (χ1n) is 9.49. The van der Waals surface area contributed by atoms with Crippen molar-refractivity contribution >= 4 is 45.3 Å². The summed E-state index contributed by atoms with van der Waals surface area (Å²) >= 11 is 1.27. The number of piperazine rings is 1. The first-order chi connectivity index (χ1) is 14.1. The Balaban J connectivity index is 1.47. The monoisotopic (exact) mass is 408 g/mol. The average molecular weight is 408 g/mol. The highest BCUT2D eigenvalue weighted by molar-refractivity contribution is 8.14. The molecule has 2 aromatic heterocycles. The zero-order valence-corrected chi connectivity index (χ0v) is 16.8.